The molecular formula is C11H14N4S. The Morgan fingerprint density at radius 1 is 1.38 bits per heavy atom. The summed E-state index contributed by atoms with van der Waals surface area (Å²) in [5, 5.41) is 6.03. The first-order valence-corrected chi connectivity index (χ1v) is 5.97. The number of nitrogens with zero attached hydrogens (tertiary/aromatic N) is 4. The second-order valence-electron chi connectivity index (χ2n) is 3.77. The molecule has 2 aromatic rings. The Labute approximate surface area is 99.1 Å². The van der Waals surface area contributed by atoms with Gasteiger partial charge in [-0.2, -0.15) is 0 Å². The van der Waals surface area contributed by atoms with E-state index in [0.717, 1.165) is 12.2 Å². The van der Waals surface area contributed by atoms with E-state index in [4.69, 9.17) is 0 Å². The van der Waals surface area contributed by atoms with Crippen LogP contribution in [0.3, 0.4) is 0 Å². The molecule has 0 amide bonds. The highest BCUT2D eigenvalue weighted by Gasteiger charge is 2.12. The Bertz CT molecular complexity index is 415. The molecule has 0 spiro atoms. The molecule has 2 aromatic heterocycles. The molecule has 0 aliphatic heterocycles. The molecule has 0 saturated carbocycles. The maximum atomic E-state index is 4.05. The first-order chi connectivity index (χ1) is 7.77. The molecular weight excluding hydrogens is 220 g/mol. The van der Waals surface area contributed by atoms with Crippen LogP contribution in [-0.4, -0.2) is 26.5 Å². The van der Waals surface area contributed by atoms with Crippen molar-refractivity contribution in [3.8, 4) is 0 Å². The van der Waals surface area contributed by atoms with E-state index in [9.17, 15) is 0 Å². The maximum absolute atomic E-state index is 4.05. The Kier molecular flexibility index (Phi) is 3.58. The zero-order valence-corrected chi connectivity index (χ0v) is 10.2. The van der Waals surface area contributed by atoms with Crippen LogP contribution in [-0.2, 0) is 6.54 Å². The molecule has 84 valence electrons. The van der Waals surface area contributed by atoms with Crippen molar-refractivity contribution >= 4 is 11.5 Å². The third-order valence-corrected chi connectivity index (χ3v) is 3.22. The average molecular weight is 234 g/mol. The Morgan fingerprint density at radius 3 is 2.75 bits per heavy atom. The Hall–Kier alpha value is -1.33. The predicted molar refractivity (Wildman–Crippen MR) is 64.0 cm³/mol. The lowest BCUT2D eigenvalue weighted by Crippen LogP contribution is -2.22. The number of pyridine rings is 1. The van der Waals surface area contributed by atoms with Gasteiger partial charge in [-0.1, -0.05) is 4.49 Å². The van der Waals surface area contributed by atoms with E-state index in [1.807, 2.05) is 29.9 Å². The smallest absolute Gasteiger partial charge is 0.0895 e. The molecule has 2 heterocycles. The van der Waals surface area contributed by atoms with Crippen LogP contribution in [0.15, 0.2) is 29.9 Å². The van der Waals surface area contributed by atoms with Gasteiger partial charge < -0.3 is 0 Å². The van der Waals surface area contributed by atoms with Crippen LogP contribution in [0.25, 0.3) is 0 Å². The molecule has 0 saturated heterocycles. The molecule has 0 aliphatic carbocycles. The summed E-state index contributed by atoms with van der Waals surface area (Å²) < 4.78 is 3.86. The summed E-state index contributed by atoms with van der Waals surface area (Å²) in [6.45, 7) is 3.00. The van der Waals surface area contributed by atoms with Gasteiger partial charge in [0.15, 0.2) is 0 Å². The summed E-state index contributed by atoms with van der Waals surface area (Å²) in [6.07, 6.45) is 3.65. The van der Waals surface area contributed by atoms with E-state index in [0.29, 0.717) is 6.04 Å². The molecule has 0 fully saturated rings. The quantitative estimate of drug-likeness (QED) is 0.812. The maximum Gasteiger partial charge on any atom is 0.0895 e. The summed E-state index contributed by atoms with van der Waals surface area (Å²) in [6, 6.07) is 4.44. The van der Waals surface area contributed by atoms with E-state index in [-0.39, 0.29) is 0 Å². The van der Waals surface area contributed by atoms with Crippen LogP contribution < -0.4 is 0 Å². The molecule has 0 bridgehead atoms. The minimum Gasteiger partial charge on any atom is -0.294 e. The lowest BCUT2D eigenvalue weighted by atomic mass is 10.1. The van der Waals surface area contributed by atoms with Gasteiger partial charge in [0.2, 0.25) is 0 Å². The van der Waals surface area contributed by atoms with Crippen molar-refractivity contribution in [3.63, 3.8) is 0 Å². The zero-order valence-electron chi connectivity index (χ0n) is 9.37. The zero-order chi connectivity index (χ0) is 11.4. The van der Waals surface area contributed by atoms with Crippen LogP contribution in [0.2, 0.25) is 0 Å². The average Bonchev–Trinajstić information content (AvgIpc) is 2.82. The van der Waals surface area contributed by atoms with E-state index >= 15 is 0 Å². The Balaban J connectivity index is 2.02. The molecule has 1 atom stereocenters. The molecule has 0 radical (unpaired) electrons. The lowest BCUT2D eigenvalue weighted by molar-refractivity contribution is 0.250. The van der Waals surface area contributed by atoms with Crippen molar-refractivity contribution in [2.75, 3.05) is 7.05 Å². The molecule has 0 unspecified atom stereocenters. The molecule has 2 rings (SSSR count). The fraction of sp³-hybridized carbons (Fsp3) is 0.364. The highest BCUT2D eigenvalue weighted by molar-refractivity contribution is 7.03. The van der Waals surface area contributed by atoms with Crippen molar-refractivity contribution < 1.29 is 0 Å². The summed E-state index contributed by atoms with van der Waals surface area (Å²) in [4.78, 5) is 6.27. The number of hydrogen-bond donors (Lipinski definition) is 0. The minimum atomic E-state index is 0.352. The summed E-state index contributed by atoms with van der Waals surface area (Å²) >= 11 is 1.39. The fourth-order valence-corrected chi connectivity index (χ4v) is 1.98. The topological polar surface area (TPSA) is 41.9 Å². The lowest BCUT2D eigenvalue weighted by Gasteiger charge is -2.23. The standard InChI is InChI=1S/C11H14N4S/c1-9(10-3-5-12-6-4-10)15(2)7-11-8-16-14-13-11/h3-6,8-9H,7H2,1-2H3/t9-/m0/s1. The molecule has 16 heavy (non-hydrogen) atoms. The number of rotatable bonds is 4. The molecule has 0 aliphatic rings. The van der Waals surface area contributed by atoms with Crippen molar-refractivity contribution in [3.05, 3.63) is 41.2 Å². The molecule has 4 nitrogen and oxygen atoms in total. The largest absolute Gasteiger partial charge is 0.294 e. The molecule has 5 heteroatoms. The predicted octanol–water partition coefficient (Wildman–Crippen LogP) is 2.13. The number of aromatic nitrogens is 3. The van der Waals surface area contributed by atoms with E-state index in [1.54, 1.807) is 0 Å². The van der Waals surface area contributed by atoms with Gasteiger partial charge in [0, 0.05) is 30.4 Å². The monoisotopic (exact) mass is 234 g/mol. The summed E-state index contributed by atoms with van der Waals surface area (Å²) in [5.74, 6) is 0. The van der Waals surface area contributed by atoms with E-state index in [1.165, 1.54) is 17.1 Å². The third-order valence-electron chi connectivity index (χ3n) is 2.67. The van der Waals surface area contributed by atoms with E-state index < -0.39 is 0 Å². The molecule has 0 aromatic carbocycles. The van der Waals surface area contributed by atoms with Crippen LogP contribution in [0, 0.1) is 0 Å². The Morgan fingerprint density at radius 2 is 2.12 bits per heavy atom. The minimum absolute atomic E-state index is 0.352. The second-order valence-corrected chi connectivity index (χ2v) is 4.38. The van der Waals surface area contributed by atoms with Gasteiger partial charge in [-0.3, -0.25) is 9.88 Å². The second kappa shape index (κ2) is 5.14. The highest BCUT2D eigenvalue weighted by Crippen LogP contribution is 2.19. The molecule has 0 N–H and O–H groups in total. The SMILES string of the molecule is C[C@@H](c1ccncc1)N(C)Cc1csnn1. The van der Waals surface area contributed by atoms with Gasteiger partial charge in [0.1, 0.15) is 0 Å². The van der Waals surface area contributed by atoms with Gasteiger partial charge in [0.25, 0.3) is 0 Å². The van der Waals surface area contributed by atoms with Crippen molar-refractivity contribution in [1.82, 2.24) is 19.5 Å². The number of hydrogen-bond acceptors (Lipinski definition) is 5. The van der Waals surface area contributed by atoms with Crippen LogP contribution in [0.5, 0.6) is 0 Å². The van der Waals surface area contributed by atoms with Gasteiger partial charge in [-0.25, -0.2) is 0 Å². The van der Waals surface area contributed by atoms with Gasteiger partial charge in [0.05, 0.1) is 5.69 Å². The fourth-order valence-electron chi connectivity index (χ4n) is 1.54. The van der Waals surface area contributed by atoms with Gasteiger partial charge in [-0.05, 0) is 43.2 Å². The summed E-state index contributed by atoms with van der Waals surface area (Å²) in [5.41, 5.74) is 2.29. The van der Waals surface area contributed by atoms with Gasteiger partial charge in [-0.15, -0.1) is 5.10 Å². The van der Waals surface area contributed by atoms with Crippen LogP contribution in [0.4, 0.5) is 0 Å². The van der Waals surface area contributed by atoms with Crippen molar-refractivity contribution in [2.24, 2.45) is 0 Å². The van der Waals surface area contributed by atoms with Crippen LogP contribution >= 0.6 is 11.5 Å². The van der Waals surface area contributed by atoms with Gasteiger partial charge >= 0.3 is 0 Å². The van der Waals surface area contributed by atoms with Crippen molar-refractivity contribution in [2.45, 2.75) is 19.5 Å². The van der Waals surface area contributed by atoms with Crippen molar-refractivity contribution in [1.29, 1.82) is 0 Å². The highest BCUT2D eigenvalue weighted by atomic mass is 32.1. The first kappa shape index (κ1) is 11.2. The normalized spacial score (nSPS) is 12.9. The van der Waals surface area contributed by atoms with E-state index in [2.05, 4.69) is 33.4 Å². The summed E-state index contributed by atoms with van der Waals surface area (Å²) in [7, 11) is 2.09. The van der Waals surface area contributed by atoms with Crippen LogP contribution in [0.1, 0.15) is 24.2 Å². The first-order valence-electron chi connectivity index (χ1n) is 5.13. The third kappa shape index (κ3) is 2.62.